The van der Waals surface area contributed by atoms with Crippen LogP contribution in [0.2, 0.25) is 5.02 Å². The summed E-state index contributed by atoms with van der Waals surface area (Å²) in [6.07, 6.45) is 1.54. The predicted molar refractivity (Wildman–Crippen MR) is 141 cm³/mol. The summed E-state index contributed by atoms with van der Waals surface area (Å²) < 4.78 is 12.0. The Bertz CT molecular complexity index is 1330. The maximum Gasteiger partial charge on any atom is 0.333 e. The molecule has 184 valence electrons. The van der Waals surface area contributed by atoms with Gasteiger partial charge in [0.1, 0.15) is 5.70 Å². The van der Waals surface area contributed by atoms with Gasteiger partial charge in [-0.1, -0.05) is 45.7 Å². The van der Waals surface area contributed by atoms with Crippen molar-refractivity contribution in [1.82, 2.24) is 5.32 Å². The summed E-state index contributed by atoms with van der Waals surface area (Å²) in [6, 6.07) is 18.2. The van der Waals surface area contributed by atoms with Gasteiger partial charge in [0, 0.05) is 15.2 Å². The Hall–Kier alpha value is -3.82. The van der Waals surface area contributed by atoms with Gasteiger partial charge in [-0.2, -0.15) is 0 Å². The number of hydrogen-bond donors (Lipinski definition) is 2. The molecule has 1 fully saturated rings. The fraction of sp³-hybridized carbons (Fsp3) is 0.115. The summed E-state index contributed by atoms with van der Waals surface area (Å²) >= 11 is 9.38. The Morgan fingerprint density at radius 1 is 1.06 bits per heavy atom. The molecule has 2 N–H and O–H groups in total. The van der Waals surface area contributed by atoms with E-state index in [1.165, 1.54) is 6.08 Å². The zero-order valence-electron chi connectivity index (χ0n) is 19.1. The van der Waals surface area contributed by atoms with Gasteiger partial charge in [-0.3, -0.25) is 9.59 Å². The molecule has 0 unspecified atom stereocenters. The van der Waals surface area contributed by atoms with E-state index in [4.69, 9.17) is 21.1 Å². The number of anilines is 2. The molecule has 0 spiro atoms. The van der Waals surface area contributed by atoms with Gasteiger partial charge < -0.3 is 20.1 Å². The molecule has 4 amide bonds. The lowest BCUT2D eigenvalue weighted by molar-refractivity contribution is -0.118. The molecule has 8 nitrogen and oxygen atoms in total. The summed E-state index contributed by atoms with van der Waals surface area (Å²) in [5.41, 5.74) is 1.72. The second-order valence-electron chi connectivity index (χ2n) is 7.56. The number of carbonyl (C=O) groups excluding carboxylic acids is 3. The van der Waals surface area contributed by atoms with E-state index >= 15 is 0 Å². The highest BCUT2D eigenvalue weighted by Gasteiger charge is 2.35. The number of imide groups is 1. The largest absolute Gasteiger partial charge is 0.490 e. The Morgan fingerprint density at radius 2 is 1.75 bits per heavy atom. The second-order valence-corrected chi connectivity index (χ2v) is 8.85. The van der Waals surface area contributed by atoms with E-state index in [2.05, 4.69) is 26.6 Å². The van der Waals surface area contributed by atoms with Crippen molar-refractivity contribution in [3.05, 3.63) is 87.5 Å². The Labute approximate surface area is 221 Å². The number of nitrogens with one attached hydrogen (secondary N) is 2. The monoisotopic (exact) mass is 569 g/mol. The zero-order valence-corrected chi connectivity index (χ0v) is 21.4. The number of urea groups is 1. The van der Waals surface area contributed by atoms with Crippen molar-refractivity contribution in [3.8, 4) is 11.5 Å². The highest BCUT2D eigenvalue weighted by Crippen LogP contribution is 2.35. The molecule has 0 saturated carbocycles. The number of halogens is 2. The SMILES string of the molecule is CCOc1cc(/C=C2/NC(=O)N(c3ccc(Cl)cc3)C2=O)c(Br)cc1OCC(=O)Nc1ccccc1. The van der Waals surface area contributed by atoms with Gasteiger partial charge in [0.2, 0.25) is 0 Å². The summed E-state index contributed by atoms with van der Waals surface area (Å²) in [6.45, 7) is 1.94. The van der Waals surface area contributed by atoms with Gasteiger partial charge in [-0.05, 0) is 67.1 Å². The first-order chi connectivity index (χ1) is 17.4. The average Bonchev–Trinajstić information content (AvgIpc) is 3.14. The van der Waals surface area contributed by atoms with E-state index in [0.717, 1.165) is 4.90 Å². The van der Waals surface area contributed by atoms with E-state index in [1.807, 2.05) is 25.1 Å². The van der Waals surface area contributed by atoms with Crippen LogP contribution in [0.15, 0.2) is 76.9 Å². The first-order valence-corrected chi connectivity index (χ1v) is 12.1. The molecular weight excluding hydrogens is 550 g/mol. The van der Waals surface area contributed by atoms with Crippen LogP contribution in [0.1, 0.15) is 12.5 Å². The summed E-state index contributed by atoms with van der Waals surface area (Å²) in [5.74, 6) is -0.109. The van der Waals surface area contributed by atoms with Gasteiger partial charge in [-0.15, -0.1) is 0 Å². The second kappa shape index (κ2) is 11.3. The van der Waals surface area contributed by atoms with Crippen LogP contribution in [-0.4, -0.2) is 31.1 Å². The smallest absolute Gasteiger partial charge is 0.333 e. The van der Waals surface area contributed by atoms with E-state index in [0.29, 0.717) is 44.5 Å². The van der Waals surface area contributed by atoms with Crippen molar-refractivity contribution in [1.29, 1.82) is 0 Å². The van der Waals surface area contributed by atoms with Crippen LogP contribution in [0.25, 0.3) is 6.08 Å². The lowest BCUT2D eigenvalue weighted by Gasteiger charge is -2.14. The number of hydrogen-bond acceptors (Lipinski definition) is 5. The molecule has 1 aliphatic rings. The lowest BCUT2D eigenvalue weighted by atomic mass is 10.1. The van der Waals surface area contributed by atoms with Crippen LogP contribution in [0.3, 0.4) is 0 Å². The molecule has 10 heteroatoms. The summed E-state index contributed by atoms with van der Waals surface area (Å²) in [7, 11) is 0. The van der Waals surface area contributed by atoms with Crippen molar-refractivity contribution in [3.63, 3.8) is 0 Å². The fourth-order valence-corrected chi connectivity index (χ4v) is 3.98. The topological polar surface area (TPSA) is 97.0 Å². The first-order valence-electron chi connectivity index (χ1n) is 10.9. The molecular formula is C26H21BrClN3O5. The molecule has 36 heavy (non-hydrogen) atoms. The Morgan fingerprint density at radius 3 is 2.44 bits per heavy atom. The van der Waals surface area contributed by atoms with Crippen LogP contribution >= 0.6 is 27.5 Å². The minimum Gasteiger partial charge on any atom is -0.490 e. The normalized spacial score (nSPS) is 14.1. The van der Waals surface area contributed by atoms with Gasteiger partial charge in [-0.25, -0.2) is 9.69 Å². The highest BCUT2D eigenvalue weighted by atomic mass is 79.9. The van der Waals surface area contributed by atoms with Crippen LogP contribution in [0.5, 0.6) is 11.5 Å². The molecule has 0 aromatic heterocycles. The Kier molecular flexibility index (Phi) is 7.92. The summed E-state index contributed by atoms with van der Waals surface area (Å²) in [4.78, 5) is 38.7. The van der Waals surface area contributed by atoms with Gasteiger partial charge in [0.15, 0.2) is 18.1 Å². The molecule has 0 atom stereocenters. The van der Waals surface area contributed by atoms with E-state index in [9.17, 15) is 14.4 Å². The number of para-hydroxylation sites is 1. The lowest BCUT2D eigenvalue weighted by Crippen LogP contribution is -2.30. The standard InChI is InChI=1S/C26H21BrClN3O5/c1-2-35-22-13-16(12-21-25(33)31(26(34)30-21)19-10-8-17(28)9-11-19)20(27)14-23(22)36-15-24(32)29-18-6-4-3-5-7-18/h3-14H,2,15H2,1H3,(H,29,32)(H,30,34)/b21-12+. The maximum absolute atomic E-state index is 12.9. The molecule has 1 saturated heterocycles. The molecule has 1 heterocycles. The quantitative estimate of drug-likeness (QED) is 0.271. The minimum absolute atomic E-state index is 0.0917. The van der Waals surface area contributed by atoms with Crippen LogP contribution in [0, 0.1) is 0 Å². The van der Waals surface area contributed by atoms with Crippen molar-refractivity contribution >= 4 is 62.8 Å². The highest BCUT2D eigenvalue weighted by molar-refractivity contribution is 9.10. The maximum atomic E-state index is 12.9. The predicted octanol–water partition coefficient (Wildman–Crippen LogP) is 5.62. The fourth-order valence-electron chi connectivity index (χ4n) is 3.42. The van der Waals surface area contributed by atoms with Crippen molar-refractivity contribution in [2.24, 2.45) is 0 Å². The van der Waals surface area contributed by atoms with Gasteiger partial charge >= 0.3 is 6.03 Å². The third kappa shape index (κ3) is 5.87. The molecule has 0 radical (unpaired) electrons. The Balaban J connectivity index is 1.53. The molecule has 0 bridgehead atoms. The van der Waals surface area contributed by atoms with Crippen molar-refractivity contribution < 1.29 is 23.9 Å². The number of nitrogens with zero attached hydrogens (tertiary/aromatic N) is 1. The van der Waals surface area contributed by atoms with Gasteiger partial charge in [0.05, 0.1) is 12.3 Å². The summed E-state index contributed by atoms with van der Waals surface area (Å²) in [5, 5.41) is 5.84. The molecule has 3 aromatic carbocycles. The number of amides is 4. The number of carbonyl (C=O) groups is 3. The third-order valence-corrected chi connectivity index (χ3v) is 5.98. The number of rotatable bonds is 8. The van der Waals surface area contributed by atoms with Crippen LogP contribution in [-0.2, 0) is 9.59 Å². The minimum atomic E-state index is -0.570. The zero-order chi connectivity index (χ0) is 25.7. The van der Waals surface area contributed by atoms with Crippen LogP contribution in [0.4, 0.5) is 16.2 Å². The van der Waals surface area contributed by atoms with Crippen LogP contribution < -0.4 is 25.0 Å². The molecule has 3 aromatic rings. The molecule has 0 aliphatic carbocycles. The number of ether oxygens (including phenoxy) is 2. The first kappa shape index (κ1) is 25.3. The van der Waals surface area contributed by atoms with Crippen molar-refractivity contribution in [2.75, 3.05) is 23.4 Å². The van der Waals surface area contributed by atoms with Crippen molar-refractivity contribution in [2.45, 2.75) is 6.92 Å². The molecule has 1 aliphatic heterocycles. The van der Waals surface area contributed by atoms with E-state index < -0.39 is 11.9 Å². The third-order valence-electron chi connectivity index (χ3n) is 5.04. The van der Waals surface area contributed by atoms with E-state index in [1.54, 1.807) is 48.5 Å². The van der Waals surface area contributed by atoms with Gasteiger partial charge in [0.25, 0.3) is 11.8 Å². The average molecular weight is 571 g/mol. The van der Waals surface area contributed by atoms with E-state index in [-0.39, 0.29) is 18.2 Å². The number of benzene rings is 3. The molecule has 4 rings (SSSR count).